The van der Waals surface area contributed by atoms with Gasteiger partial charge in [-0.3, -0.25) is 0 Å². The summed E-state index contributed by atoms with van der Waals surface area (Å²) < 4.78 is 17.9. The summed E-state index contributed by atoms with van der Waals surface area (Å²) >= 11 is 2.61. The van der Waals surface area contributed by atoms with E-state index in [1.165, 1.54) is 18.9 Å². The summed E-state index contributed by atoms with van der Waals surface area (Å²) in [5.41, 5.74) is 0. The first-order chi connectivity index (χ1) is 10.7. The van der Waals surface area contributed by atoms with E-state index in [9.17, 15) is 4.79 Å². The van der Waals surface area contributed by atoms with Gasteiger partial charge in [0, 0.05) is 9.84 Å². The van der Waals surface area contributed by atoms with E-state index < -0.39 is 0 Å². The maximum absolute atomic E-state index is 11.4. The highest BCUT2D eigenvalue weighted by Crippen LogP contribution is 2.62. The Bertz CT molecular complexity index is 479. The van der Waals surface area contributed by atoms with Crippen LogP contribution in [0.5, 0.6) is 0 Å². The van der Waals surface area contributed by atoms with Gasteiger partial charge in [-0.2, -0.15) is 0 Å². The Morgan fingerprint density at radius 3 is 2.86 bits per heavy atom. The molecule has 5 rings (SSSR count). The van der Waals surface area contributed by atoms with Crippen molar-refractivity contribution in [2.45, 2.75) is 54.8 Å². The Morgan fingerprint density at radius 1 is 1.23 bits per heavy atom. The fraction of sp³-hybridized carbons (Fsp3) is 0.824. The third kappa shape index (κ3) is 2.30. The molecule has 0 spiro atoms. The lowest BCUT2D eigenvalue weighted by Crippen LogP contribution is -2.56. The molecule has 4 nitrogen and oxygen atoms in total. The van der Waals surface area contributed by atoms with E-state index in [1.807, 2.05) is 6.92 Å². The Balaban J connectivity index is 1.48. The van der Waals surface area contributed by atoms with Gasteiger partial charge in [0.1, 0.15) is 6.10 Å². The smallest absolute Gasteiger partial charge is 0.333 e. The number of ether oxygens (including phenoxy) is 3. The van der Waals surface area contributed by atoms with Crippen LogP contribution in [-0.2, 0) is 19.0 Å². The van der Waals surface area contributed by atoms with Gasteiger partial charge >= 0.3 is 5.97 Å². The normalized spacial score (nSPS) is 48.6. The van der Waals surface area contributed by atoms with Crippen molar-refractivity contribution in [1.82, 2.24) is 0 Å². The lowest BCUT2D eigenvalue weighted by molar-refractivity contribution is -0.137. The second-order valence-corrected chi connectivity index (χ2v) is 8.39. The highest BCUT2D eigenvalue weighted by molar-refractivity contribution is 14.1. The van der Waals surface area contributed by atoms with E-state index in [0.717, 1.165) is 18.8 Å². The van der Waals surface area contributed by atoms with Crippen LogP contribution in [0.1, 0.15) is 32.6 Å². The maximum Gasteiger partial charge on any atom is 0.333 e. The molecule has 22 heavy (non-hydrogen) atoms. The molecule has 0 amide bonds. The van der Waals surface area contributed by atoms with Crippen LogP contribution in [0.2, 0.25) is 0 Å². The summed E-state index contributed by atoms with van der Waals surface area (Å²) in [5, 5.41) is 0. The minimum Gasteiger partial charge on any atom is -0.497 e. The topological polar surface area (TPSA) is 44.8 Å². The highest BCUT2D eigenvalue weighted by Gasteiger charge is 2.64. The van der Waals surface area contributed by atoms with Crippen LogP contribution in [-0.4, -0.2) is 34.8 Å². The van der Waals surface area contributed by atoms with E-state index in [4.69, 9.17) is 14.2 Å². The summed E-state index contributed by atoms with van der Waals surface area (Å²) in [7, 11) is 0. The molecule has 0 radical (unpaired) electrons. The molecule has 4 aliphatic carbocycles. The third-order valence-electron chi connectivity index (χ3n) is 6.08. The number of hydrogen-bond acceptors (Lipinski definition) is 4. The van der Waals surface area contributed by atoms with Crippen molar-refractivity contribution in [3.63, 3.8) is 0 Å². The number of esters is 1. The average Bonchev–Trinajstić information content (AvgIpc) is 2.87. The minimum absolute atomic E-state index is 0.236. The first-order valence-electron chi connectivity index (χ1n) is 8.49. The summed E-state index contributed by atoms with van der Waals surface area (Å²) in [4.78, 5) is 11.4. The number of carbonyl (C=O) groups excluding carboxylic acids is 1. The number of carbonyl (C=O) groups is 1. The molecule has 4 bridgehead atoms. The van der Waals surface area contributed by atoms with Crippen molar-refractivity contribution >= 4 is 28.6 Å². The van der Waals surface area contributed by atoms with Crippen LogP contribution in [0, 0.1) is 23.7 Å². The zero-order chi connectivity index (χ0) is 15.3. The predicted molar refractivity (Wildman–Crippen MR) is 89.5 cm³/mol. The van der Waals surface area contributed by atoms with Gasteiger partial charge in [0.25, 0.3) is 0 Å². The van der Waals surface area contributed by atoms with Gasteiger partial charge in [-0.1, -0.05) is 22.6 Å². The molecule has 0 N–H and O–H groups in total. The first kappa shape index (κ1) is 15.2. The van der Waals surface area contributed by atoms with E-state index in [2.05, 4.69) is 22.6 Å². The Kier molecular flexibility index (Phi) is 4.13. The van der Waals surface area contributed by atoms with Crippen molar-refractivity contribution in [3.05, 3.63) is 12.3 Å². The number of alkyl halides is 1. The molecule has 1 aliphatic heterocycles. The molecule has 5 heteroatoms. The number of hydrogen-bond donors (Lipinski definition) is 0. The highest BCUT2D eigenvalue weighted by atomic mass is 127. The fourth-order valence-corrected chi connectivity index (χ4v) is 6.96. The SMILES string of the molecule is CCOC(=O)/C=C/O[C@H]1CC[C@H]2O[C@H]3[C@H](I)[C@@H]4CC[C@H]3[C@H]2[C@@H]41. The quantitative estimate of drug-likeness (QED) is 0.232. The van der Waals surface area contributed by atoms with Crippen molar-refractivity contribution in [2.75, 3.05) is 6.61 Å². The zero-order valence-corrected chi connectivity index (χ0v) is 15.0. The molecule has 1 saturated heterocycles. The Hall–Kier alpha value is -0.300. The largest absolute Gasteiger partial charge is 0.497 e. The van der Waals surface area contributed by atoms with Crippen LogP contribution in [0.25, 0.3) is 0 Å². The van der Waals surface area contributed by atoms with Crippen LogP contribution < -0.4 is 0 Å². The Morgan fingerprint density at radius 2 is 2.05 bits per heavy atom. The summed E-state index contributed by atoms with van der Waals surface area (Å²) in [6.07, 6.45) is 8.93. The standard InChI is InChI=1S/C17H23IO4/c1-2-20-13(19)7-8-21-11-5-6-12-15-10-4-3-9(14(11)15)16(18)17(10)22-12/h7-12,14-17H,2-6H2,1H3/b8-7+/t9-,10+,11+,12-,14+,15-,16-,17-/m1/s1. The molecular weight excluding hydrogens is 395 g/mol. The van der Waals surface area contributed by atoms with Crippen molar-refractivity contribution in [2.24, 2.45) is 23.7 Å². The number of rotatable bonds is 4. The van der Waals surface area contributed by atoms with Gasteiger partial charge in [-0.15, -0.1) is 0 Å². The summed E-state index contributed by atoms with van der Waals surface area (Å²) in [6, 6.07) is 0. The van der Waals surface area contributed by atoms with Crippen molar-refractivity contribution in [3.8, 4) is 0 Å². The van der Waals surface area contributed by atoms with E-state index in [-0.39, 0.29) is 12.1 Å². The predicted octanol–water partition coefficient (Wildman–Crippen LogP) is 3.09. The van der Waals surface area contributed by atoms with Crippen LogP contribution in [0.15, 0.2) is 12.3 Å². The summed E-state index contributed by atoms with van der Waals surface area (Å²) in [6.45, 7) is 2.21. The van der Waals surface area contributed by atoms with Crippen LogP contribution in [0.3, 0.4) is 0 Å². The molecule has 0 aromatic carbocycles. The van der Waals surface area contributed by atoms with Gasteiger partial charge in [-0.05, 0) is 50.4 Å². The molecule has 5 fully saturated rings. The minimum atomic E-state index is -0.322. The van der Waals surface area contributed by atoms with E-state index in [0.29, 0.717) is 40.5 Å². The van der Waals surface area contributed by atoms with E-state index in [1.54, 1.807) is 6.26 Å². The van der Waals surface area contributed by atoms with Crippen molar-refractivity contribution < 1.29 is 19.0 Å². The van der Waals surface area contributed by atoms with Gasteiger partial charge in [0.05, 0.1) is 31.2 Å². The average molecular weight is 418 g/mol. The number of halogens is 1. The lowest BCUT2D eigenvalue weighted by atomic mass is 9.54. The zero-order valence-electron chi connectivity index (χ0n) is 12.8. The van der Waals surface area contributed by atoms with Gasteiger partial charge in [0.2, 0.25) is 0 Å². The van der Waals surface area contributed by atoms with Crippen molar-refractivity contribution in [1.29, 1.82) is 0 Å². The summed E-state index contributed by atoms with van der Waals surface area (Å²) in [5.74, 6) is 2.42. The monoisotopic (exact) mass is 418 g/mol. The maximum atomic E-state index is 11.4. The molecule has 0 aromatic rings. The molecule has 5 aliphatic rings. The first-order valence-corrected chi connectivity index (χ1v) is 9.73. The van der Waals surface area contributed by atoms with Gasteiger partial charge in [0.15, 0.2) is 0 Å². The van der Waals surface area contributed by atoms with Crippen LogP contribution >= 0.6 is 22.6 Å². The molecule has 4 saturated carbocycles. The number of fused-ring (bicyclic) bond motifs is 1. The second-order valence-electron chi connectivity index (χ2n) is 6.95. The second kappa shape index (κ2) is 5.96. The Labute approximate surface area is 145 Å². The molecular formula is C17H23IO4. The molecule has 1 heterocycles. The third-order valence-corrected chi connectivity index (χ3v) is 7.71. The van der Waals surface area contributed by atoms with E-state index >= 15 is 0 Å². The lowest BCUT2D eigenvalue weighted by Gasteiger charge is -2.53. The molecule has 122 valence electrons. The molecule has 8 atom stereocenters. The molecule has 0 aromatic heterocycles. The van der Waals surface area contributed by atoms with Crippen LogP contribution in [0.4, 0.5) is 0 Å². The fourth-order valence-electron chi connectivity index (χ4n) is 5.42. The van der Waals surface area contributed by atoms with Gasteiger partial charge in [-0.25, -0.2) is 4.79 Å². The van der Waals surface area contributed by atoms with Gasteiger partial charge < -0.3 is 14.2 Å². The molecule has 0 unspecified atom stereocenters.